The highest BCUT2D eigenvalue weighted by atomic mass is 19.4. The van der Waals surface area contributed by atoms with Gasteiger partial charge in [-0.2, -0.15) is 13.2 Å². The Morgan fingerprint density at radius 2 is 2.07 bits per heavy atom. The van der Waals surface area contributed by atoms with Crippen LogP contribution in [-0.2, 0) is 17.4 Å². The average Bonchev–Trinajstić information content (AvgIpc) is 1.99. The highest BCUT2D eigenvalue weighted by molar-refractivity contribution is 5.70. The van der Waals surface area contributed by atoms with Crippen LogP contribution in [0, 0.1) is 0 Å². The van der Waals surface area contributed by atoms with Gasteiger partial charge in [0.2, 0.25) is 0 Å². The standard InChI is InChI=1S/C8H6F3NO3/c9-8(10,11)7-4(2-6(14)15)1-5(13)3-12-7/h1,3,13H,2H2,(H,14,15). The topological polar surface area (TPSA) is 70.4 Å². The van der Waals surface area contributed by atoms with Crippen LogP contribution in [0.15, 0.2) is 12.3 Å². The number of carbonyl (C=O) groups is 1. The summed E-state index contributed by atoms with van der Waals surface area (Å²) in [6.45, 7) is 0. The number of nitrogens with zero attached hydrogens (tertiary/aromatic N) is 1. The summed E-state index contributed by atoms with van der Waals surface area (Å²) in [5.74, 6) is -1.92. The third kappa shape index (κ3) is 2.83. The number of halogens is 3. The number of carboxylic acid groups (broad SMARTS) is 1. The van der Waals surface area contributed by atoms with Crippen LogP contribution in [0.3, 0.4) is 0 Å². The first-order valence-electron chi connectivity index (χ1n) is 3.77. The van der Waals surface area contributed by atoms with E-state index in [0.29, 0.717) is 6.20 Å². The second-order valence-electron chi connectivity index (χ2n) is 2.77. The molecule has 0 aliphatic carbocycles. The van der Waals surface area contributed by atoms with Crippen molar-refractivity contribution in [1.29, 1.82) is 0 Å². The number of rotatable bonds is 2. The molecule has 0 unspecified atom stereocenters. The Balaban J connectivity index is 3.20. The average molecular weight is 221 g/mol. The fourth-order valence-electron chi connectivity index (χ4n) is 1.05. The second-order valence-corrected chi connectivity index (χ2v) is 2.77. The van der Waals surface area contributed by atoms with Gasteiger partial charge in [-0.1, -0.05) is 0 Å². The van der Waals surface area contributed by atoms with Crippen molar-refractivity contribution >= 4 is 5.97 Å². The minimum Gasteiger partial charge on any atom is -0.506 e. The molecule has 0 atom stereocenters. The summed E-state index contributed by atoms with van der Waals surface area (Å²) in [5, 5.41) is 17.3. The molecule has 82 valence electrons. The maximum atomic E-state index is 12.3. The smallest absolute Gasteiger partial charge is 0.433 e. The molecule has 0 saturated carbocycles. The van der Waals surface area contributed by atoms with Crippen LogP contribution in [0.25, 0.3) is 0 Å². The van der Waals surface area contributed by atoms with Crippen molar-refractivity contribution in [2.45, 2.75) is 12.6 Å². The quantitative estimate of drug-likeness (QED) is 0.792. The third-order valence-corrected chi connectivity index (χ3v) is 1.56. The van der Waals surface area contributed by atoms with Crippen LogP contribution < -0.4 is 0 Å². The highest BCUT2D eigenvalue weighted by Crippen LogP contribution is 2.31. The maximum Gasteiger partial charge on any atom is 0.433 e. The molecule has 0 aliphatic heterocycles. The highest BCUT2D eigenvalue weighted by Gasteiger charge is 2.35. The Morgan fingerprint density at radius 3 is 2.53 bits per heavy atom. The molecule has 0 amide bonds. The van der Waals surface area contributed by atoms with Gasteiger partial charge >= 0.3 is 12.1 Å². The second kappa shape index (κ2) is 3.76. The summed E-state index contributed by atoms with van der Waals surface area (Å²) >= 11 is 0. The van der Waals surface area contributed by atoms with Crippen LogP contribution in [0.2, 0.25) is 0 Å². The zero-order valence-electron chi connectivity index (χ0n) is 7.25. The van der Waals surface area contributed by atoms with Gasteiger partial charge in [0.1, 0.15) is 11.4 Å². The van der Waals surface area contributed by atoms with Gasteiger partial charge < -0.3 is 10.2 Å². The number of aliphatic carboxylic acids is 1. The van der Waals surface area contributed by atoms with Gasteiger partial charge in [0, 0.05) is 0 Å². The van der Waals surface area contributed by atoms with Crippen molar-refractivity contribution in [2.75, 3.05) is 0 Å². The lowest BCUT2D eigenvalue weighted by Gasteiger charge is -2.10. The van der Waals surface area contributed by atoms with Crippen molar-refractivity contribution in [2.24, 2.45) is 0 Å². The molecule has 7 heteroatoms. The molecule has 0 spiro atoms. The molecule has 15 heavy (non-hydrogen) atoms. The monoisotopic (exact) mass is 221 g/mol. The SMILES string of the molecule is O=C(O)Cc1cc(O)cnc1C(F)(F)F. The van der Waals surface area contributed by atoms with Crippen molar-refractivity contribution in [3.05, 3.63) is 23.5 Å². The Labute approximate surface area is 82.0 Å². The molecule has 0 saturated heterocycles. The zero-order valence-corrected chi connectivity index (χ0v) is 7.25. The molecule has 1 aromatic heterocycles. The largest absolute Gasteiger partial charge is 0.506 e. The molecule has 0 radical (unpaired) electrons. The van der Waals surface area contributed by atoms with Crippen LogP contribution >= 0.6 is 0 Å². The van der Waals surface area contributed by atoms with Crippen molar-refractivity contribution < 1.29 is 28.2 Å². The predicted molar refractivity (Wildman–Crippen MR) is 42.2 cm³/mol. The summed E-state index contributed by atoms with van der Waals surface area (Å²) in [6, 6.07) is 0.740. The van der Waals surface area contributed by atoms with E-state index in [1.165, 1.54) is 0 Å². The summed E-state index contributed by atoms with van der Waals surface area (Å²) in [4.78, 5) is 13.2. The maximum absolute atomic E-state index is 12.3. The normalized spacial score (nSPS) is 11.4. The lowest BCUT2D eigenvalue weighted by molar-refractivity contribution is -0.142. The van der Waals surface area contributed by atoms with E-state index in [0.717, 1.165) is 6.07 Å². The molecule has 1 rings (SSSR count). The number of hydrogen-bond donors (Lipinski definition) is 2. The first-order chi connectivity index (χ1) is 6.80. The number of carboxylic acids is 1. The third-order valence-electron chi connectivity index (χ3n) is 1.56. The fourth-order valence-corrected chi connectivity index (χ4v) is 1.05. The summed E-state index contributed by atoms with van der Waals surface area (Å²) in [6.07, 6.45) is -4.94. The van der Waals surface area contributed by atoms with Gasteiger partial charge in [-0.05, 0) is 11.6 Å². The lowest BCUT2D eigenvalue weighted by Crippen LogP contribution is -2.14. The van der Waals surface area contributed by atoms with E-state index in [1.807, 2.05) is 0 Å². The van der Waals surface area contributed by atoms with E-state index in [4.69, 9.17) is 10.2 Å². The number of pyridine rings is 1. The van der Waals surface area contributed by atoms with Crippen molar-refractivity contribution in [3.63, 3.8) is 0 Å². The van der Waals surface area contributed by atoms with Gasteiger partial charge in [-0.15, -0.1) is 0 Å². The minimum absolute atomic E-state index is 0.501. The van der Waals surface area contributed by atoms with Crippen molar-refractivity contribution in [3.8, 4) is 5.75 Å². The fraction of sp³-hybridized carbons (Fsp3) is 0.250. The Hall–Kier alpha value is -1.79. The lowest BCUT2D eigenvalue weighted by atomic mass is 10.1. The molecule has 0 aromatic carbocycles. The minimum atomic E-state index is -4.72. The molecule has 4 nitrogen and oxygen atoms in total. The molecule has 0 fully saturated rings. The Morgan fingerprint density at radius 1 is 1.47 bits per heavy atom. The van der Waals surface area contributed by atoms with Gasteiger partial charge in [-0.3, -0.25) is 4.79 Å². The Bertz CT molecular complexity index is 389. The summed E-state index contributed by atoms with van der Waals surface area (Å²) in [7, 11) is 0. The molecular weight excluding hydrogens is 215 g/mol. The summed E-state index contributed by atoms with van der Waals surface area (Å²) < 4.78 is 36.9. The molecule has 0 bridgehead atoms. The van der Waals surface area contributed by atoms with E-state index >= 15 is 0 Å². The molecule has 0 aliphatic rings. The van der Waals surface area contributed by atoms with Crippen LogP contribution in [0.4, 0.5) is 13.2 Å². The van der Waals surface area contributed by atoms with E-state index in [1.54, 1.807) is 0 Å². The van der Waals surface area contributed by atoms with Gasteiger partial charge in [-0.25, -0.2) is 4.98 Å². The number of aromatic nitrogens is 1. The van der Waals surface area contributed by atoms with Crippen molar-refractivity contribution in [1.82, 2.24) is 4.98 Å². The number of aromatic hydroxyl groups is 1. The van der Waals surface area contributed by atoms with Crippen LogP contribution in [0.1, 0.15) is 11.3 Å². The molecule has 1 aromatic rings. The molecule has 2 N–H and O–H groups in total. The van der Waals surface area contributed by atoms with Gasteiger partial charge in [0.25, 0.3) is 0 Å². The number of hydrogen-bond acceptors (Lipinski definition) is 3. The first kappa shape index (κ1) is 11.3. The van der Waals surface area contributed by atoms with E-state index in [-0.39, 0.29) is 0 Å². The molecule has 1 heterocycles. The van der Waals surface area contributed by atoms with Gasteiger partial charge in [0.05, 0.1) is 12.6 Å². The van der Waals surface area contributed by atoms with E-state index in [2.05, 4.69) is 4.98 Å². The van der Waals surface area contributed by atoms with Gasteiger partial charge in [0.15, 0.2) is 0 Å². The van der Waals surface area contributed by atoms with Crippen LogP contribution in [-0.4, -0.2) is 21.2 Å². The predicted octanol–water partition coefficient (Wildman–Crippen LogP) is 1.43. The first-order valence-corrected chi connectivity index (χ1v) is 3.77. The van der Waals surface area contributed by atoms with E-state index in [9.17, 15) is 18.0 Å². The van der Waals surface area contributed by atoms with Crippen LogP contribution in [0.5, 0.6) is 5.75 Å². The summed E-state index contributed by atoms with van der Waals surface area (Å²) in [5.41, 5.74) is -1.85. The zero-order chi connectivity index (χ0) is 11.6. The number of alkyl halides is 3. The van der Waals surface area contributed by atoms with E-state index < -0.39 is 35.6 Å². The molecular formula is C8H6F3NO3. The Kier molecular flexibility index (Phi) is 2.83.